The molecule has 1 atom stereocenters. The third-order valence-corrected chi connectivity index (χ3v) is 2.80. The first-order chi connectivity index (χ1) is 8.28. The smallest absolute Gasteiger partial charge is 0.329 e. The highest BCUT2D eigenvalue weighted by atomic mass is 16.4. The Morgan fingerprint density at radius 2 is 1.89 bits per heavy atom. The third-order valence-electron chi connectivity index (χ3n) is 2.80. The summed E-state index contributed by atoms with van der Waals surface area (Å²) in [5, 5.41) is 13.4. The van der Waals surface area contributed by atoms with Crippen molar-refractivity contribution < 1.29 is 24.3 Å². The second kappa shape index (κ2) is 5.03. The molecule has 1 aliphatic rings. The highest BCUT2D eigenvalue weighted by Gasteiger charge is 2.36. The number of urea groups is 1. The molecule has 0 bridgehead atoms. The number of amides is 4. The van der Waals surface area contributed by atoms with Crippen LogP contribution in [0, 0.1) is 0 Å². The van der Waals surface area contributed by atoms with Crippen LogP contribution in [0.15, 0.2) is 0 Å². The van der Waals surface area contributed by atoms with Crippen molar-refractivity contribution >= 4 is 23.8 Å². The number of nitrogens with one attached hydrogen (secondary N) is 2. The third kappa shape index (κ3) is 2.96. The Labute approximate surface area is 103 Å². The number of rotatable bonds is 3. The largest absolute Gasteiger partial charge is 0.480 e. The number of hydrogen-bond donors (Lipinski definition) is 3. The molecule has 8 heteroatoms. The molecule has 0 aliphatic carbocycles. The van der Waals surface area contributed by atoms with Crippen LogP contribution < -0.4 is 10.6 Å². The average Bonchev–Trinajstić information content (AvgIpc) is 2.27. The van der Waals surface area contributed by atoms with Gasteiger partial charge in [0, 0.05) is 0 Å². The van der Waals surface area contributed by atoms with E-state index < -0.39 is 29.4 Å². The Hall–Kier alpha value is -2.12. The molecule has 0 saturated carbocycles. The summed E-state index contributed by atoms with van der Waals surface area (Å²) < 4.78 is 0. The topological polar surface area (TPSA) is 116 Å². The maximum atomic E-state index is 11.8. The number of carbonyl (C=O) groups is 4. The lowest BCUT2D eigenvalue weighted by Crippen LogP contribution is -2.60. The molecular weight excluding hydrogens is 242 g/mol. The lowest BCUT2D eigenvalue weighted by Gasteiger charge is -2.31. The molecule has 1 rings (SSSR count). The number of carboxylic acid groups (broad SMARTS) is 1. The standard InChI is InChI=1S/C10H15N3O5/c1-3-10(2,8(16)17)12-9(18)13-4-6(14)11-7(15)5-13/h3-5H2,1-2H3,(H,12,18)(H,16,17)(H,11,14,15). The van der Waals surface area contributed by atoms with E-state index in [0.717, 1.165) is 4.90 Å². The number of piperazine rings is 1. The van der Waals surface area contributed by atoms with Gasteiger partial charge in [-0.05, 0) is 13.3 Å². The molecule has 0 aromatic carbocycles. The summed E-state index contributed by atoms with van der Waals surface area (Å²) in [5.74, 6) is -2.35. The van der Waals surface area contributed by atoms with Gasteiger partial charge in [0.1, 0.15) is 18.6 Å². The van der Waals surface area contributed by atoms with Gasteiger partial charge in [-0.15, -0.1) is 0 Å². The first-order valence-electron chi connectivity index (χ1n) is 5.41. The molecular formula is C10H15N3O5. The molecule has 3 N–H and O–H groups in total. The number of imide groups is 1. The lowest BCUT2D eigenvalue weighted by molar-refractivity contribution is -0.143. The number of nitrogens with zero attached hydrogens (tertiary/aromatic N) is 1. The van der Waals surface area contributed by atoms with E-state index in [-0.39, 0.29) is 19.5 Å². The molecule has 1 unspecified atom stereocenters. The Morgan fingerprint density at radius 1 is 1.39 bits per heavy atom. The first kappa shape index (κ1) is 13.9. The van der Waals surface area contributed by atoms with Gasteiger partial charge < -0.3 is 15.3 Å². The van der Waals surface area contributed by atoms with Crippen LogP contribution >= 0.6 is 0 Å². The summed E-state index contributed by atoms with van der Waals surface area (Å²) in [5.41, 5.74) is -1.42. The van der Waals surface area contributed by atoms with Gasteiger partial charge in [-0.2, -0.15) is 0 Å². The molecule has 1 saturated heterocycles. The minimum atomic E-state index is -1.42. The molecule has 0 radical (unpaired) electrons. The van der Waals surface area contributed by atoms with Crippen molar-refractivity contribution in [3.8, 4) is 0 Å². The van der Waals surface area contributed by atoms with Crippen LogP contribution in [-0.4, -0.2) is 52.4 Å². The second-order valence-electron chi connectivity index (χ2n) is 4.25. The molecule has 0 aromatic rings. The fourth-order valence-corrected chi connectivity index (χ4v) is 1.39. The SMILES string of the molecule is CCC(C)(NC(=O)N1CC(=O)NC(=O)C1)C(=O)O. The van der Waals surface area contributed by atoms with Gasteiger partial charge in [0.15, 0.2) is 0 Å². The fourth-order valence-electron chi connectivity index (χ4n) is 1.39. The van der Waals surface area contributed by atoms with Gasteiger partial charge in [-0.25, -0.2) is 9.59 Å². The second-order valence-corrected chi connectivity index (χ2v) is 4.25. The summed E-state index contributed by atoms with van der Waals surface area (Å²) in [4.78, 5) is 46.0. The van der Waals surface area contributed by atoms with Crippen LogP contribution in [0.2, 0.25) is 0 Å². The summed E-state index contributed by atoms with van der Waals surface area (Å²) >= 11 is 0. The van der Waals surface area contributed by atoms with Crippen molar-refractivity contribution in [3.63, 3.8) is 0 Å². The molecule has 100 valence electrons. The first-order valence-corrected chi connectivity index (χ1v) is 5.41. The fraction of sp³-hybridized carbons (Fsp3) is 0.600. The van der Waals surface area contributed by atoms with E-state index in [1.54, 1.807) is 6.92 Å². The average molecular weight is 257 g/mol. The minimum absolute atomic E-state index is 0.183. The number of carbonyl (C=O) groups excluding carboxylic acids is 3. The molecule has 4 amide bonds. The summed E-state index contributed by atoms with van der Waals surface area (Å²) in [6.07, 6.45) is 0.183. The molecule has 1 aliphatic heterocycles. The Bertz CT molecular complexity index is 392. The van der Waals surface area contributed by atoms with Gasteiger partial charge in [0.2, 0.25) is 11.8 Å². The van der Waals surface area contributed by atoms with E-state index in [9.17, 15) is 19.2 Å². The minimum Gasteiger partial charge on any atom is -0.480 e. The predicted molar refractivity (Wildman–Crippen MR) is 59.6 cm³/mol. The van der Waals surface area contributed by atoms with Crippen LogP contribution in [0.25, 0.3) is 0 Å². The van der Waals surface area contributed by atoms with Crippen molar-refractivity contribution in [2.75, 3.05) is 13.1 Å². The maximum absolute atomic E-state index is 11.8. The van der Waals surface area contributed by atoms with Crippen molar-refractivity contribution in [1.29, 1.82) is 0 Å². The molecule has 8 nitrogen and oxygen atoms in total. The van der Waals surface area contributed by atoms with Gasteiger partial charge in [-0.3, -0.25) is 14.9 Å². The maximum Gasteiger partial charge on any atom is 0.329 e. The van der Waals surface area contributed by atoms with Gasteiger partial charge in [0.25, 0.3) is 0 Å². The molecule has 0 spiro atoms. The summed E-state index contributed by atoms with van der Waals surface area (Å²) in [6, 6.07) is -0.745. The van der Waals surface area contributed by atoms with E-state index in [0.29, 0.717) is 0 Å². The highest BCUT2D eigenvalue weighted by molar-refractivity contribution is 6.02. The van der Waals surface area contributed by atoms with E-state index in [1.807, 2.05) is 5.32 Å². The zero-order valence-corrected chi connectivity index (χ0v) is 10.1. The van der Waals surface area contributed by atoms with Crippen molar-refractivity contribution in [1.82, 2.24) is 15.5 Å². The Morgan fingerprint density at radius 3 is 2.28 bits per heavy atom. The number of aliphatic carboxylic acids is 1. The quantitative estimate of drug-likeness (QED) is 0.555. The van der Waals surface area contributed by atoms with E-state index in [1.165, 1.54) is 6.92 Å². The Kier molecular flexibility index (Phi) is 3.89. The number of carboxylic acids is 1. The van der Waals surface area contributed by atoms with E-state index in [2.05, 4.69) is 5.32 Å². The van der Waals surface area contributed by atoms with Crippen LogP contribution in [0.4, 0.5) is 4.79 Å². The molecule has 1 heterocycles. The lowest BCUT2D eigenvalue weighted by atomic mass is 10.00. The van der Waals surface area contributed by atoms with Crippen LogP contribution in [0.1, 0.15) is 20.3 Å². The van der Waals surface area contributed by atoms with Gasteiger partial charge in [-0.1, -0.05) is 6.92 Å². The summed E-state index contributed by atoms with van der Waals surface area (Å²) in [7, 11) is 0. The van der Waals surface area contributed by atoms with Gasteiger partial charge >= 0.3 is 12.0 Å². The zero-order chi connectivity index (χ0) is 13.9. The van der Waals surface area contributed by atoms with Crippen molar-refractivity contribution in [3.05, 3.63) is 0 Å². The zero-order valence-electron chi connectivity index (χ0n) is 10.1. The molecule has 0 aromatic heterocycles. The molecule has 18 heavy (non-hydrogen) atoms. The Balaban J connectivity index is 2.73. The van der Waals surface area contributed by atoms with E-state index >= 15 is 0 Å². The van der Waals surface area contributed by atoms with Crippen LogP contribution in [0.3, 0.4) is 0 Å². The number of hydrogen-bond acceptors (Lipinski definition) is 4. The van der Waals surface area contributed by atoms with E-state index in [4.69, 9.17) is 5.11 Å². The van der Waals surface area contributed by atoms with Crippen LogP contribution in [0.5, 0.6) is 0 Å². The van der Waals surface area contributed by atoms with Crippen molar-refractivity contribution in [2.45, 2.75) is 25.8 Å². The highest BCUT2D eigenvalue weighted by Crippen LogP contribution is 2.10. The van der Waals surface area contributed by atoms with Gasteiger partial charge in [0.05, 0.1) is 0 Å². The van der Waals surface area contributed by atoms with Crippen LogP contribution in [-0.2, 0) is 14.4 Å². The molecule has 1 fully saturated rings. The van der Waals surface area contributed by atoms with Crippen molar-refractivity contribution in [2.24, 2.45) is 0 Å². The monoisotopic (exact) mass is 257 g/mol. The predicted octanol–water partition coefficient (Wildman–Crippen LogP) is -1.09. The normalized spacial score (nSPS) is 18.9. The summed E-state index contributed by atoms with van der Waals surface area (Å²) in [6.45, 7) is 2.44.